The molecule has 170 valence electrons. The average molecular weight is 506 g/mol. The van der Waals surface area contributed by atoms with E-state index in [-0.39, 0.29) is 18.3 Å². The molecule has 5 rings (SSSR count). The Hall–Kier alpha value is -2.58. The SMILES string of the molecule is O=c1c2c(ncn2Cc2ccc(Cl)c(Cl)c2)n(-c2ccc(Cl)cc2)c(=O)n1CC1CCCO1. The Morgan fingerprint density at radius 2 is 1.82 bits per heavy atom. The Morgan fingerprint density at radius 1 is 1.03 bits per heavy atom. The summed E-state index contributed by atoms with van der Waals surface area (Å²) in [5, 5.41) is 1.42. The summed E-state index contributed by atoms with van der Waals surface area (Å²) < 4.78 is 10.1. The molecule has 7 nitrogen and oxygen atoms in total. The number of hydrogen-bond acceptors (Lipinski definition) is 4. The van der Waals surface area contributed by atoms with E-state index in [1.54, 1.807) is 47.3 Å². The lowest BCUT2D eigenvalue weighted by molar-refractivity contribution is 0.0950. The van der Waals surface area contributed by atoms with Crippen molar-refractivity contribution >= 4 is 46.0 Å². The number of aromatic nitrogens is 4. The number of benzene rings is 2. The van der Waals surface area contributed by atoms with Gasteiger partial charge in [0.25, 0.3) is 5.56 Å². The molecule has 2 aromatic carbocycles. The average Bonchev–Trinajstić information content (AvgIpc) is 3.45. The molecule has 0 N–H and O–H groups in total. The number of fused-ring (bicyclic) bond motifs is 1. The van der Waals surface area contributed by atoms with Gasteiger partial charge < -0.3 is 9.30 Å². The molecule has 0 spiro atoms. The Kier molecular flexibility index (Phi) is 6.05. The van der Waals surface area contributed by atoms with Crippen molar-refractivity contribution in [3.8, 4) is 5.69 Å². The molecule has 0 radical (unpaired) electrons. The maximum atomic E-state index is 13.5. The van der Waals surface area contributed by atoms with Crippen LogP contribution in [-0.4, -0.2) is 31.4 Å². The Balaban J connectivity index is 1.71. The van der Waals surface area contributed by atoms with Crippen LogP contribution in [0.2, 0.25) is 15.1 Å². The van der Waals surface area contributed by atoms with Crippen molar-refractivity contribution in [1.29, 1.82) is 0 Å². The first-order valence-electron chi connectivity index (χ1n) is 10.4. The lowest BCUT2D eigenvalue weighted by Crippen LogP contribution is -2.42. The lowest BCUT2D eigenvalue weighted by atomic mass is 10.2. The summed E-state index contributed by atoms with van der Waals surface area (Å²) in [6.45, 7) is 1.14. The van der Waals surface area contributed by atoms with Crippen LogP contribution in [0, 0.1) is 0 Å². The molecular formula is C23H19Cl3N4O3. The molecule has 2 aromatic heterocycles. The molecule has 1 saturated heterocycles. The molecule has 1 unspecified atom stereocenters. The molecular weight excluding hydrogens is 487 g/mol. The van der Waals surface area contributed by atoms with E-state index >= 15 is 0 Å². The van der Waals surface area contributed by atoms with Crippen LogP contribution in [0.4, 0.5) is 0 Å². The lowest BCUT2D eigenvalue weighted by Gasteiger charge is -2.15. The molecule has 33 heavy (non-hydrogen) atoms. The van der Waals surface area contributed by atoms with Gasteiger partial charge in [-0.3, -0.25) is 9.36 Å². The highest BCUT2D eigenvalue weighted by molar-refractivity contribution is 6.42. The van der Waals surface area contributed by atoms with Gasteiger partial charge in [0.2, 0.25) is 0 Å². The second-order valence-corrected chi connectivity index (χ2v) is 9.19. The maximum Gasteiger partial charge on any atom is 0.337 e. The van der Waals surface area contributed by atoms with Gasteiger partial charge in [0.1, 0.15) is 0 Å². The Bertz CT molecular complexity index is 1450. The van der Waals surface area contributed by atoms with E-state index in [4.69, 9.17) is 39.5 Å². The zero-order chi connectivity index (χ0) is 23.1. The third-order valence-corrected chi connectivity index (χ3v) is 6.72. The summed E-state index contributed by atoms with van der Waals surface area (Å²) in [6.07, 6.45) is 3.07. The summed E-state index contributed by atoms with van der Waals surface area (Å²) in [4.78, 5) is 31.5. The van der Waals surface area contributed by atoms with E-state index in [9.17, 15) is 9.59 Å². The second-order valence-electron chi connectivity index (χ2n) is 7.94. The van der Waals surface area contributed by atoms with Crippen molar-refractivity contribution in [2.45, 2.75) is 32.0 Å². The topological polar surface area (TPSA) is 71.0 Å². The fourth-order valence-corrected chi connectivity index (χ4v) is 4.56. The highest BCUT2D eigenvalue weighted by Crippen LogP contribution is 2.24. The fourth-order valence-electron chi connectivity index (χ4n) is 4.11. The first kappa shape index (κ1) is 22.2. The summed E-state index contributed by atoms with van der Waals surface area (Å²) in [5.74, 6) is 0. The molecule has 0 saturated carbocycles. The monoisotopic (exact) mass is 504 g/mol. The molecule has 10 heteroatoms. The number of ether oxygens (including phenoxy) is 1. The Morgan fingerprint density at radius 3 is 2.52 bits per heavy atom. The van der Waals surface area contributed by atoms with Crippen molar-refractivity contribution in [3.05, 3.63) is 90.3 Å². The number of nitrogens with zero attached hydrogens (tertiary/aromatic N) is 4. The molecule has 3 heterocycles. The van der Waals surface area contributed by atoms with Crippen LogP contribution >= 0.6 is 34.8 Å². The first-order chi connectivity index (χ1) is 15.9. The van der Waals surface area contributed by atoms with Crippen LogP contribution in [0.3, 0.4) is 0 Å². The number of hydrogen-bond donors (Lipinski definition) is 0. The summed E-state index contributed by atoms with van der Waals surface area (Å²) in [5.41, 5.74) is 1.12. The van der Waals surface area contributed by atoms with Gasteiger partial charge in [-0.15, -0.1) is 0 Å². The zero-order valence-corrected chi connectivity index (χ0v) is 19.6. The van der Waals surface area contributed by atoms with Gasteiger partial charge in [-0.05, 0) is 54.8 Å². The fraction of sp³-hybridized carbons (Fsp3) is 0.261. The van der Waals surface area contributed by atoms with Crippen molar-refractivity contribution in [2.75, 3.05) is 6.61 Å². The molecule has 0 aliphatic carbocycles. The van der Waals surface area contributed by atoms with E-state index in [2.05, 4.69) is 4.98 Å². The van der Waals surface area contributed by atoms with Crippen molar-refractivity contribution in [2.24, 2.45) is 0 Å². The van der Waals surface area contributed by atoms with Crippen LogP contribution in [0.1, 0.15) is 18.4 Å². The van der Waals surface area contributed by atoms with Gasteiger partial charge in [-0.25, -0.2) is 14.3 Å². The van der Waals surface area contributed by atoms with Gasteiger partial charge >= 0.3 is 5.69 Å². The Labute approximate surface area is 203 Å². The van der Waals surface area contributed by atoms with Crippen LogP contribution in [0.15, 0.2) is 58.4 Å². The third kappa shape index (κ3) is 4.22. The van der Waals surface area contributed by atoms with Gasteiger partial charge in [0.05, 0.1) is 34.7 Å². The molecule has 0 amide bonds. The molecule has 1 aliphatic heterocycles. The second kappa shape index (κ2) is 8.99. The van der Waals surface area contributed by atoms with E-state index in [0.29, 0.717) is 39.4 Å². The van der Waals surface area contributed by atoms with E-state index < -0.39 is 11.2 Å². The number of halogens is 3. The molecule has 4 aromatic rings. The van der Waals surface area contributed by atoms with E-state index in [1.165, 1.54) is 9.13 Å². The third-order valence-electron chi connectivity index (χ3n) is 5.73. The smallest absolute Gasteiger partial charge is 0.337 e. The van der Waals surface area contributed by atoms with E-state index in [1.807, 2.05) is 6.07 Å². The number of imidazole rings is 1. The molecule has 0 bridgehead atoms. The summed E-state index contributed by atoms with van der Waals surface area (Å²) in [7, 11) is 0. The first-order valence-corrected chi connectivity index (χ1v) is 11.6. The minimum Gasteiger partial charge on any atom is -0.376 e. The predicted octanol–water partition coefficient (Wildman–Crippen LogP) is 4.54. The minimum absolute atomic E-state index is 0.180. The van der Waals surface area contributed by atoms with Crippen LogP contribution in [0.5, 0.6) is 0 Å². The van der Waals surface area contributed by atoms with Crippen LogP contribution in [0.25, 0.3) is 16.9 Å². The number of rotatable bonds is 5. The van der Waals surface area contributed by atoms with Gasteiger partial charge in [0, 0.05) is 18.2 Å². The molecule has 1 atom stereocenters. The maximum absolute atomic E-state index is 13.5. The van der Waals surface area contributed by atoms with Gasteiger partial charge in [0.15, 0.2) is 11.2 Å². The summed E-state index contributed by atoms with van der Waals surface area (Å²) in [6, 6.07) is 12.1. The van der Waals surface area contributed by atoms with Gasteiger partial charge in [-0.2, -0.15) is 0 Å². The highest BCUT2D eigenvalue weighted by atomic mass is 35.5. The van der Waals surface area contributed by atoms with Crippen molar-refractivity contribution in [3.63, 3.8) is 0 Å². The molecule has 1 fully saturated rings. The van der Waals surface area contributed by atoms with Crippen LogP contribution < -0.4 is 11.2 Å². The quantitative estimate of drug-likeness (QED) is 0.399. The predicted molar refractivity (Wildman–Crippen MR) is 129 cm³/mol. The standard InChI is InChI=1S/C23H19Cl3N4O3/c24-15-4-6-16(7-5-15)30-21-20(22(31)29(23(30)32)12-17-2-1-9-33-17)28(13-27-21)11-14-3-8-18(25)19(26)10-14/h3-8,10,13,17H,1-2,9,11-12H2. The van der Waals surface area contributed by atoms with Crippen molar-refractivity contribution in [1.82, 2.24) is 18.7 Å². The zero-order valence-electron chi connectivity index (χ0n) is 17.4. The normalized spacial score (nSPS) is 16.0. The summed E-state index contributed by atoms with van der Waals surface area (Å²) >= 11 is 18.3. The molecule has 1 aliphatic rings. The van der Waals surface area contributed by atoms with E-state index in [0.717, 1.165) is 18.4 Å². The van der Waals surface area contributed by atoms with Gasteiger partial charge in [-0.1, -0.05) is 40.9 Å². The minimum atomic E-state index is -0.467. The highest BCUT2D eigenvalue weighted by Gasteiger charge is 2.23. The van der Waals surface area contributed by atoms with Crippen LogP contribution in [-0.2, 0) is 17.8 Å². The largest absolute Gasteiger partial charge is 0.376 e. The van der Waals surface area contributed by atoms with Crippen molar-refractivity contribution < 1.29 is 4.74 Å².